The molecule has 1 amide bonds. The molecule has 21 heavy (non-hydrogen) atoms. The van der Waals surface area contributed by atoms with Gasteiger partial charge in [0.25, 0.3) is 0 Å². The van der Waals surface area contributed by atoms with Gasteiger partial charge in [0.05, 0.1) is 23.7 Å². The Hall–Kier alpha value is -2.56. The second kappa shape index (κ2) is 5.44. The van der Waals surface area contributed by atoms with Crippen LogP contribution in [0.25, 0.3) is 6.08 Å². The Bertz CT molecular complexity index is 697. The van der Waals surface area contributed by atoms with Crippen LogP contribution >= 0.6 is 0 Å². The summed E-state index contributed by atoms with van der Waals surface area (Å²) in [5.41, 5.74) is 4.56. The number of rotatable bonds is 3. The third-order valence-electron chi connectivity index (χ3n) is 3.52. The summed E-state index contributed by atoms with van der Waals surface area (Å²) in [5, 5.41) is 9.73. The largest absolute Gasteiger partial charge is 0.493 e. The predicted octanol–water partition coefficient (Wildman–Crippen LogP) is 2.61. The quantitative estimate of drug-likeness (QED) is 0.851. The fourth-order valence-corrected chi connectivity index (χ4v) is 2.38. The maximum absolute atomic E-state index is 12.0. The smallest absolute Gasteiger partial charge is 0.248 e. The third kappa shape index (κ3) is 2.81. The Labute approximate surface area is 123 Å². The maximum Gasteiger partial charge on any atom is 0.248 e. The minimum Gasteiger partial charge on any atom is -0.493 e. The van der Waals surface area contributed by atoms with Crippen molar-refractivity contribution in [1.82, 2.24) is 10.2 Å². The number of carbonyl (C=O) groups excluding carboxylic acids is 1. The number of aryl methyl sites for hydroxylation is 2. The van der Waals surface area contributed by atoms with E-state index in [0.29, 0.717) is 0 Å². The fraction of sp³-hybridized carbons (Fsp3) is 0.250. The molecule has 0 fully saturated rings. The molecular formula is C16H17N3O2. The lowest BCUT2D eigenvalue weighted by Crippen LogP contribution is -2.09. The van der Waals surface area contributed by atoms with Crippen LogP contribution in [0.1, 0.15) is 22.5 Å². The number of hydrogen-bond donors (Lipinski definition) is 2. The topological polar surface area (TPSA) is 67.0 Å². The number of nitrogens with zero attached hydrogens (tertiary/aromatic N) is 1. The van der Waals surface area contributed by atoms with E-state index in [0.717, 1.165) is 41.4 Å². The van der Waals surface area contributed by atoms with Crippen molar-refractivity contribution in [2.24, 2.45) is 0 Å². The summed E-state index contributed by atoms with van der Waals surface area (Å²) in [4.78, 5) is 12.0. The summed E-state index contributed by atoms with van der Waals surface area (Å²) >= 11 is 0. The average molecular weight is 283 g/mol. The number of H-pyrrole nitrogens is 1. The number of aromatic nitrogens is 2. The number of carbonyl (C=O) groups is 1. The van der Waals surface area contributed by atoms with E-state index in [1.807, 2.05) is 26.0 Å². The van der Waals surface area contributed by atoms with Gasteiger partial charge < -0.3 is 10.1 Å². The molecule has 1 aliphatic heterocycles. The van der Waals surface area contributed by atoms with Gasteiger partial charge in [-0.3, -0.25) is 9.89 Å². The number of ether oxygens (including phenoxy) is 1. The zero-order valence-corrected chi connectivity index (χ0v) is 12.1. The van der Waals surface area contributed by atoms with Gasteiger partial charge in [0.1, 0.15) is 5.75 Å². The van der Waals surface area contributed by atoms with Crippen LogP contribution in [0.5, 0.6) is 5.75 Å². The standard InChI is InChI=1S/C16H17N3O2/c1-10-16(11(2)19-18-10)17-15(20)6-4-12-3-5-14-13(9-12)7-8-21-14/h3-6,9H,7-8H2,1-2H3,(H,17,20)(H,18,19)/b6-4+. The van der Waals surface area contributed by atoms with E-state index >= 15 is 0 Å². The normalized spacial score (nSPS) is 13.2. The van der Waals surface area contributed by atoms with Crippen molar-refractivity contribution in [2.45, 2.75) is 20.3 Å². The molecule has 5 heteroatoms. The van der Waals surface area contributed by atoms with Gasteiger partial charge in [-0.25, -0.2) is 0 Å². The fourth-order valence-electron chi connectivity index (χ4n) is 2.38. The molecule has 2 N–H and O–H groups in total. The molecule has 0 saturated carbocycles. The highest BCUT2D eigenvalue weighted by Gasteiger charge is 2.11. The first-order chi connectivity index (χ1) is 10.1. The molecule has 0 aliphatic carbocycles. The number of benzene rings is 1. The molecule has 0 radical (unpaired) electrons. The van der Waals surface area contributed by atoms with E-state index in [-0.39, 0.29) is 5.91 Å². The van der Waals surface area contributed by atoms with Gasteiger partial charge in [-0.1, -0.05) is 6.07 Å². The molecule has 108 valence electrons. The Morgan fingerprint density at radius 2 is 2.29 bits per heavy atom. The minimum atomic E-state index is -0.167. The van der Waals surface area contributed by atoms with Gasteiger partial charge in [0, 0.05) is 12.5 Å². The Balaban J connectivity index is 1.70. The second-order valence-electron chi connectivity index (χ2n) is 5.10. The predicted molar refractivity (Wildman–Crippen MR) is 81.4 cm³/mol. The molecule has 0 bridgehead atoms. The molecule has 2 heterocycles. The van der Waals surface area contributed by atoms with Crippen LogP contribution in [0.15, 0.2) is 24.3 Å². The molecule has 0 atom stereocenters. The molecule has 0 saturated heterocycles. The van der Waals surface area contributed by atoms with Crippen LogP contribution in [0, 0.1) is 13.8 Å². The van der Waals surface area contributed by atoms with Gasteiger partial charge in [-0.15, -0.1) is 0 Å². The monoisotopic (exact) mass is 283 g/mol. The van der Waals surface area contributed by atoms with E-state index in [9.17, 15) is 4.79 Å². The van der Waals surface area contributed by atoms with E-state index in [1.165, 1.54) is 11.6 Å². The number of amides is 1. The summed E-state index contributed by atoms with van der Waals surface area (Å²) in [6.45, 7) is 4.46. The van der Waals surface area contributed by atoms with Crippen molar-refractivity contribution < 1.29 is 9.53 Å². The maximum atomic E-state index is 12.0. The van der Waals surface area contributed by atoms with E-state index in [2.05, 4.69) is 21.6 Å². The van der Waals surface area contributed by atoms with Gasteiger partial charge >= 0.3 is 0 Å². The lowest BCUT2D eigenvalue weighted by molar-refractivity contribution is -0.111. The molecule has 0 unspecified atom stereocenters. The van der Waals surface area contributed by atoms with Gasteiger partial charge in [-0.2, -0.15) is 5.10 Å². The van der Waals surface area contributed by atoms with Crippen molar-refractivity contribution in [3.63, 3.8) is 0 Å². The summed E-state index contributed by atoms with van der Waals surface area (Å²) in [7, 11) is 0. The first-order valence-electron chi connectivity index (χ1n) is 6.90. The SMILES string of the molecule is Cc1n[nH]c(C)c1NC(=O)/C=C/c1ccc2c(c1)CCO2. The van der Waals surface area contributed by atoms with Gasteiger partial charge in [-0.05, 0) is 43.2 Å². The van der Waals surface area contributed by atoms with Crippen LogP contribution in [0.3, 0.4) is 0 Å². The summed E-state index contributed by atoms with van der Waals surface area (Å²) in [6, 6.07) is 5.95. The first kappa shape index (κ1) is 13.4. The zero-order valence-electron chi connectivity index (χ0n) is 12.1. The number of fused-ring (bicyclic) bond motifs is 1. The Morgan fingerprint density at radius 3 is 3.05 bits per heavy atom. The third-order valence-corrected chi connectivity index (χ3v) is 3.52. The molecule has 5 nitrogen and oxygen atoms in total. The van der Waals surface area contributed by atoms with Crippen LogP contribution in [0.2, 0.25) is 0 Å². The minimum absolute atomic E-state index is 0.167. The van der Waals surface area contributed by atoms with Crippen LogP contribution in [0.4, 0.5) is 5.69 Å². The lowest BCUT2D eigenvalue weighted by atomic mass is 10.1. The van der Waals surface area contributed by atoms with Crippen molar-refractivity contribution in [3.8, 4) is 5.75 Å². The zero-order chi connectivity index (χ0) is 14.8. The lowest BCUT2D eigenvalue weighted by Gasteiger charge is -2.02. The van der Waals surface area contributed by atoms with E-state index in [1.54, 1.807) is 6.08 Å². The van der Waals surface area contributed by atoms with Crippen molar-refractivity contribution in [3.05, 3.63) is 46.8 Å². The molecule has 1 aromatic carbocycles. The molecule has 1 aromatic heterocycles. The Kier molecular flexibility index (Phi) is 3.48. The van der Waals surface area contributed by atoms with Crippen LogP contribution in [-0.4, -0.2) is 22.7 Å². The summed E-state index contributed by atoms with van der Waals surface area (Å²) < 4.78 is 5.46. The van der Waals surface area contributed by atoms with E-state index in [4.69, 9.17) is 4.74 Å². The Morgan fingerprint density at radius 1 is 1.43 bits per heavy atom. The molecule has 0 spiro atoms. The van der Waals surface area contributed by atoms with Gasteiger partial charge in [0.2, 0.25) is 5.91 Å². The molecular weight excluding hydrogens is 266 g/mol. The molecule has 3 rings (SSSR count). The van der Waals surface area contributed by atoms with Crippen molar-refractivity contribution in [1.29, 1.82) is 0 Å². The van der Waals surface area contributed by atoms with Crippen molar-refractivity contribution >= 4 is 17.7 Å². The van der Waals surface area contributed by atoms with Crippen LogP contribution in [-0.2, 0) is 11.2 Å². The van der Waals surface area contributed by atoms with Crippen LogP contribution < -0.4 is 10.1 Å². The second-order valence-corrected chi connectivity index (χ2v) is 5.10. The van der Waals surface area contributed by atoms with Crippen molar-refractivity contribution in [2.75, 3.05) is 11.9 Å². The van der Waals surface area contributed by atoms with Gasteiger partial charge in [0.15, 0.2) is 0 Å². The van der Waals surface area contributed by atoms with E-state index < -0.39 is 0 Å². The molecule has 1 aliphatic rings. The summed E-state index contributed by atoms with van der Waals surface area (Å²) in [6.07, 6.45) is 4.26. The highest BCUT2D eigenvalue weighted by Crippen LogP contribution is 2.26. The number of nitrogens with one attached hydrogen (secondary N) is 2. The number of hydrogen-bond acceptors (Lipinski definition) is 3. The number of aromatic amines is 1. The summed E-state index contributed by atoms with van der Waals surface area (Å²) in [5.74, 6) is 0.778. The average Bonchev–Trinajstić information content (AvgIpc) is 3.06. The highest BCUT2D eigenvalue weighted by atomic mass is 16.5. The first-order valence-corrected chi connectivity index (χ1v) is 6.90. The molecule has 2 aromatic rings. The highest BCUT2D eigenvalue weighted by molar-refractivity contribution is 6.02. The number of anilines is 1.